The van der Waals surface area contributed by atoms with Crippen molar-refractivity contribution in [1.82, 2.24) is 24.1 Å². The minimum absolute atomic E-state index is 0.429. The van der Waals surface area contributed by atoms with E-state index >= 15 is 0 Å². The quantitative estimate of drug-likeness (QED) is 0.180. The summed E-state index contributed by atoms with van der Waals surface area (Å²) < 4.78 is 4.68. The summed E-state index contributed by atoms with van der Waals surface area (Å²) in [5, 5.41) is 4.84. The Hall–Kier alpha value is -6.07. The first-order chi connectivity index (χ1) is 24.5. The standard InChI is InChI=1S/C45H37N5/c1-28(2)32-22-24-39-36(26-32)37-27-33(29(3)4)23-25-40(37)49(39)41-21-13-19-35-34-18-11-12-20-38(34)50(42(35)41)45-47-43(30-14-7-5-8-15-30)46-44(48-45)31-16-9-6-10-17-31/h5-29H,1-4H3. The molecule has 5 heteroatoms. The summed E-state index contributed by atoms with van der Waals surface area (Å²) >= 11 is 0. The summed E-state index contributed by atoms with van der Waals surface area (Å²) in [5.41, 5.74) is 10.1. The lowest BCUT2D eigenvalue weighted by molar-refractivity contribution is 0.868. The summed E-state index contributed by atoms with van der Waals surface area (Å²) in [7, 11) is 0. The van der Waals surface area contributed by atoms with Gasteiger partial charge in [0.2, 0.25) is 5.95 Å². The van der Waals surface area contributed by atoms with Crippen molar-refractivity contribution in [1.29, 1.82) is 0 Å². The Morgan fingerprint density at radius 2 is 0.920 bits per heavy atom. The van der Waals surface area contributed by atoms with E-state index in [1.54, 1.807) is 0 Å². The lowest BCUT2D eigenvalue weighted by Gasteiger charge is -2.15. The fourth-order valence-corrected chi connectivity index (χ4v) is 7.32. The maximum absolute atomic E-state index is 5.21. The minimum Gasteiger partial charge on any atom is -0.307 e. The molecule has 0 saturated heterocycles. The van der Waals surface area contributed by atoms with E-state index in [1.807, 2.05) is 36.4 Å². The van der Waals surface area contributed by atoms with Crippen molar-refractivity contribution >= 4 is 43.6 Å². The molecule has 0 spiro atoms. The second-order valence-electron chi connectivity index (χ2n) is 13.7. The molecule has 0 aliphatic rings. The maximum atomic E-state index is 5.21. The molecule has 5 nitrogen and oxygen atoms in total. The van der Waals surface area contributed by atoms with Crippen molar-refractivity contribution in [2.75, 3.05) is 0 Å². The molecule has 3 aromatic heterocycles. The van der Waals surface area contributed by atoms with Gasteiger partial charge >= 0.3 is 0 Å². The van der Waals surface area contributed by atoms with Crippen molar-refractivity contribution in [3.05, 3.63) is 151 Å². The van der Waals surface area contributed by atoms with Gasteiger partial charge in [-0.1, -0.05) is 131 Å². The third-order valence-corrected chi connectivity index (χ3v) is 9.95. The van der Waals surface area contributed by atoms with Crippen LogP contribution in [0.3, 0.4) is 0 Å². The highest BCUT2D eigenvalue weighted by Crippen LogP contribution is 2.40. The maximum Gasteiger partial charge on any atom is 0.238 e. The van der Waals surface area contributed by atoms with Crippen LogP contribution in [0, 0.1) is 0 Å². The molecule has 0 fully saturated rings. The molecule has 0 unspecified atom stereocenters. The average Bonchev–Trinajstić information content (AvgIpc) is 3.67. The van der Waals surface area contributed by atoms with Crippen LogP contribution in [0.25, 0.3) is 78.0 Å². The van der Waals surface area contributed by atoms with E-state index in [0.29, 0.717) is 29.4 Å². The van der Waals surface area contributed by atoms with Gasteiger partial charge in [-0.05, 0) is 59.4 Å². The van der Waals surface area contributed by atoms with E-state index in [9.17, 15) is 0 Å². The van der Waals surface area contributed by atoms with Gasteiger partial charge in [-0.15, -0.1) is 0 Å². The molecule has 0 aliphatic carbocycles. The van der Waals surface area contributed by atoms with Crippen LogP contribution in [-0.4, -0.2) is 24.1 Å². The minimum atomic E-state index is 0.429. The number of rotatable bonds is 6. The summed E-state index contributed by atoms with van der Waals surface area (Å²) in [6.07, 6.45) is 0. The molecule has 0 aliphatic heterocycles. The molecule has 0 N–H and O–H groups in total. The zero-order valence-corrected chi connectivity index (χ0v) is 28.7. The van der Waals surface area contributed by atoms with Crippen LogP contribution in [0.4, 0.5) is 0 Å². The third kappa shape index (κ3) is 4.80. The van der Waals surface area contributed by atoms with Crippen molar-refractivity contribution in [2.45, 2.75) is 39.5 Å². The molecule has 0 amide bonds. The summed E-state index contributed by atoms with van der Waals surface area (Å²) in [6.45, 7) is 9.06. The molecule has 0 atom stereocenters. The van der Waals surface area contributed by atoms with E-state index in [-0.39, 0.29) is 0 Å². The van der Waals surface area contributed by atoms with Crippen molar-refractivity contribution < 1.29 is 0 Å². The van der Waals surface area contributed by atoms with Gasteiger partial charge in [-0.25, -0.2) is 4.98 Å². The average molecular weight is 648 g/mol. The smallest absolute Gasteiger partial charge is 0.238 e. The highest BCUT2D eigenvalue weighted by atomic mass is 15.2. The normalized spacial score (nSPS) is 12.0. The topological polar surface area (TPSA) is 48.5 Å². The Morgan fingerprint density at radius 3 is 1.48 bits per heavy atom. The molecule has 9 rings (SSSR count). The first-order valence-corrected chi connectivity index (χ1v) is 17.4. The summed E-state index contributed by atoms with van der Waals surface area (Å²) in [5.74, 6) is 2.72. The predicted molar refractivity (Wildman–Crippen MR) is 208 cm³/mol. The number of para-hydroxylation sites is 2. The van der Waals surface area contributed by atoms with Gasteiger partial charge in [-0.2, -0.15) is 9.97 Å². The van der Waals surface area contributed by atoms with Crippen LogP contribution in [-0.2, 0) is 0 Å². The monoisotopic (exact) mass is 647 g/mol. The Morgan fingerprint density at radius 1 is 0.420 bits per heavy atom. The van der Waals surface area contributed by atoms with Gasteiger partial charge in [-0.3, -0.25) is 4.57 Å². The van der Waals surface area contributed by atoms with Crippen LogP contribution in [0.2, 0.25) is 0 Å². The fraction of sp³-hybridized carbons (Fsp3) is 0.133. The molecule has 50 heavy (non-hydrogen) atoms. The van der Waals surface area contributed by atoms with Crippen LogP contribution < -0.4 is 0 Å². The number of nitrogens with zero attached hydrogens (tertiary/aromatic N) is 5. The van der Waals surface area contributed by atoms with Crippen LogP contribution in [0.1, 0.15) is 50.7 Å². The lowest BCUT2D eigenvalue weighted by atomic mass is 9.98. The fourth-order valence-electron chi connectivity index (χ4n) is 7.32. The number of fused-ring (bicyclic) bond motifs is 6. The number of hydrogen-bond donors (Lipinski definition) is 0. The molecule has 0 saturated carbocycles. The second-order valence-corrected chi connectivity index (χ2v) is 13.7. The van der Waals surface area contributed by atoms with Gasteiger partial charge in [0.1, 0.15) is 0 Å². The van der Waals surface area contributed by atoms with Gasteiger partial charge in [0, 0.05) is 32.7 Å². The summed E-state index contributed by atoms with van der Waals surface area (Å²) in [6, 6.07) is 49.5. The summed E-state index contributed by atoms with van der Waals surface area (Å²) in [4.78, 5) is 15.4. The SMILES string of the molecule is CC(C)c1ccc2c(c1)c1cc(C(C)C)ccc1n2-c1cccc2c3ccccc3n(-c3nc(-c4ccccc4)nc(-c4ccccc4)n3)c12. The Kier molecular flexibility index (Phi) is 7.09. The van der Waals surface area contributed by atoms with E-state index in [1.165, 1.54) is 32.9 Å². The van der Waals surface area contributed by atoms with Crippen LogP contribution >= 0.6 is 0 Å². The molecule has 3 heterocycles. The van der Waals surface area contributed by atoms with Crippen molar-refractivity contribution in [3.8, 4) is 34.4 Å². The molecular formula is C45H37N5. The van der Waals surface area contributed by atoms with Crippen LogP contribution in [0.5, 0.6) is 0 Å². The van der Waals surface area contributed by atoms with E-state index < -0.39 is 0 Å². The highest BCUT2D eigenvalue weighted by Gasteiger charge is 2.23. The second kappa shape index (κ2) is 11.8. The van der Waals surface area contributed by atoms with Crippen molar-refractivity contribution in [3.63, 3.8) is 0 Å². The zero-order chi connectivity index (χ0) is 33.9. The predicted octanol–water partition coefficient (Wildman–Crippen LogP) is 11.6. The third-order valence-electron chi connectivity index (χ3n) is 9.95. The molecule has 9 aromatic rings. The van der Waals surface area contributed by atoms with E-state index in [0.717, 1.165) is 38.6 Å². The highest BCUT2D eigenvalue weighted by molar-refractivity contribution is 6.15. The Bertz CT molecular complexity index is 2580. The first kappa shape index (κ1) is 30.0. The lowest BCUT2D eigenvalue weighted by Crippen LogP contribution is -2.08. The van der Waals surface area contributed by atoms with Gasteiger partial charge in [0.05, 0.1) is 27.8 Å². The molecule has 0 radical (unpaired) electrons. The van der Waals surface area contributed by atoms with E-state index in [4.69, 9.17) is 15.0 Å². The molecule has 0 bridgehead atoms. The van der Waals surface area contributed by atoms with Gasteiger partial charge in [0.25, 0.3) is 0 Å². The number of aromatic nitrogens is 5. The Balaban J connectivity index is 1.41. The first-order valence-electron chi connectivity index (χ1n) is 17.4. The molecule has 242 valence electrons. The van der Waals surface area contributed by atoms with E-state index in [2.05, 4.69) is 140 Å². The van der Waals surface area contributed by atoms with Crippen molar-refractivity contribution in [2.24, 2.45) is 0 Å². The largest absolute Gasteiger partial charge is 0.307 e. The number of hydrogen-bond acceptors (Lipinski definition) is 3. The van der Waals surface area contributed by atoms with Crippen LogP contribution in [0.15, 0.2) is 140 Å². The van der Waals surface area contributed by atoms with Gasteiger partial charge < -0.3 is 4.57 Å². The Labute approximate surface area is 291 Å². The molecule has 6 aromatic carbocycles. The number of benzene rings is 6. The van der Waals surface area contributed by atoms with Gasteiger partial charge in [0.15, 0.2) is 11.6 Å². The zero-order valence-electron chi connectivity index (χ0n) is 28.7. The molecular weight excluding hydrogens is 611 g/mol.